The van der Waals surface area contributed by atoms with Gasteiger partial charge in [0.05, 0.1) is 5.92 Å². The van der Waals surface area contributed by atoms with Crippen LogP contribution in [0.3, 0.4) is 0 Å². The maximum absolute atomic E-state index is 12.3. The van der Waals surface area contributed by atoms with E-state index >= 15 is 0 Å². The van der Waals surface area contributed by atoms with Crippen LogP contribution in [0.15, 0.2) is 60.7 Å². The standard InChI is InChI=1S/C21H23NO4/c23-19(22-18-12-11-17(13-18)21(24)25)14-26-20(15-7-3-1-4-8-15)16-9-5-2-6-10-16/h1-10,17-18,20H,11-14H2,(H,22,23)(H,24,25)/t17-,18+/m1/s1. The highest BCUT2D eigenvalue weighted by molar-refractivity contribution is 5.78. The van der Waals surface area contributed by atoms with Crippen molar-refractivity contribution >= 4 is 11.9 Å². The van der Waals surface area contributed by atoms with Crippen LogP contribution in [0.2, 0.25) is 0 Å². The number of amides is 1. The lowest BCUT2D eigenvalue weighted by Gasteiger charge is -2.20. The highest BCUT2D eigenvalue weighted by Crippen LogP contribution is 2.27. The van der Waals surface area contributed by atoms with Gasteiger partial charge in [0.2, 0.25) is 5.91 Å². The molecule has 5 heteroatoms. The summed E-state index contributed by atoms with van der Waals surface area (Å²) in [5.74, 6) is -1.35. The number of carbonyl (C=O) groups is 2. The Morgan fingerprint density at radius 1 is 1.00 bits per heavy atom. The number of ether oxygens (including phenoxy) is 1. The van der Waals surface area contributed by atoms with Crippen molar-refractivity contribution in [1.29, 1.82) is 0 Å². The van der Waals surface area contributed by atoms with Gasteiger partial charge in [-0.3, -0.25) is 9.59 Å². The first-order valence-electron chi connectivity index (χ1n) is 8.87. The largest absolute Gasteiger partial charge is 0.481 e. The van der Waals surface area contributed by atoms with Gasteiger partial charge in [-0.2, -0.15) is 0 Å². The molecule has 0 saturated heterocycles. The zero-order valence-corrected chi connectivity index (χ0v) is 14.5. The first-order valence-corrected chi connectivity index (χ1v) is 8.87. The summed E-state index contributed by atoms with van der Waals surface area (Å²) in [6.07, 6.45) is 1.47. The lowest BCUT2D eigenvalue weighted by Crippen LogP contribution is -2.36. The summed E-state index contributed by atoms with van der Waals surface area (Å²) in [4.78, 5) is 23.3. The fraction of sp³-hybridized carbons (Fsp3) is 0.333. The number of aliphatic carboxylic acids is 1. The molecule has 2 aromatic carbocycles. The topological polar surface area (TPSA) is 75.6 Å². The van der Waals surface area contributed by atoms with E-state index in [1.165, 1.54) is 0 Å². The number of hydrogen-bond donors (Lipinski definition) is 2. The van der Waals surface area contributed by atoms with Gasteiger partial charge in [-0.1, -0.05) is 60.7 Å². The Balaban J connectivity index is 1.60. The highest BCUT2D eigenvalue weighted by atomic mass is 16.5. The van der Waals surface area contributed by atoms with Gasteiger partial charge in [0.15, 0.2) is 0 Å². The van der Waals surface area contributed by atoms with E-state index in [9.17, 15) is 9.59 Å². The van der Waals surface area contributed by atoms with Crippen LogP contribution in [0, 0.1) is 5.92 Å². The van der Waals surface area contributed by atoms with Crippen molar-refractivity contribution in [3.63, 3.8) is 0 Å². The molecule has 0 spiro atoms. The molecular weight excluding hydrogens is 330 g/mol. The molecular formula is C21H23NO4. The van der Waals surface area contributed by atoms with Gasteiger partial charge >= 0.3 is 5.97 Å². The molecule has 0 radical (unpaired) electrons. The van der Waals surface area contributed by atoms with Crippen molar-refractivity contribution in [3.8, 4) is 0 Å². The number of nitrogens with one attached hydrogen (secondary N) is 1. The first kappa shape index (κ1) is 18.1. The number of carboxylic acid groups (broad SMARTS) is 1. The quantitative estimate of drug-likeness (QED) is 0.802. The summed E-state index contributed by atoms with van der Waals surface area (Å²) in [5.41, 5.74) is 1.97. The molecule has 0 unspecified atom stereocenters. The Bertz CT molecular complexity index is 693. The lowest BCUT2D eigenvalue weighted by molar-refractivity contribution is -0.141. The predicted molar refractivity (Wildman–Crippen MR) is 97.6 cm³/mol. The maximum atomic E-state index is 12.3. The average molecular weight is 353 g/mol. The van der Waals surface area contributed by atoms with Crippen LogP contribution >= 0.6 is 0 Å². The lowest BCUT2D eigenvalue weighted by atomic mass is 10.0. The average Bonchev–Trinajstić information content (AvgIpc) is 3.12. The summed E-state index contributed by atoms with van der Waals surface area (Å²) in [6.45, 7) is -0.0668. The summed E-state index contributed by atoms with van der Waals surface area (Å²) in [6, 6.07) is 19.5. The molecule has 2 aromatic rings. The van der Waals surface area contributed by atoms with Crippen LogP contribution in [0.1, 0.15) is 36.5 Å². The molecule has 1 saturated carbocycles. The molecule has 5 nitrogen and oxygen atoms in total. The summed E-state index contributed by atoms with van der Waals surface area (Å²) in [7, 11) is 0. The molecule has 0 aromatic heterocycles. The second kappa shape index (κ2) is 8.63. The normalized spacial score (nSPS) is 19.4. The molecule has 2 atom stereocenters. The third-order valence-electron chi connectivity index (χ3n) is 4.73. The van der Waals surface area contributed by atoms with Gasteiger partial charge in [0, 0.05) is 6.04 Å². The molecule has 1 aliphatic carbocycles. The third-order valence-corrected chi connectivity index (χ3v) is 4.73. The summed E-state index contributed by atoms with van der Waals surface area (Å²) in [5, 5.41) is 12.0. The van der Waals surface area contributed by atoms with E-state index in [0.717, 1.165) is 11.1 Å². The van der Waals surface area contributed by atoms with Gasteiger partial charge in [0.25, 0.3) is 0 Å². The molecule has 0 bridgehead atoms. The second-order valence-corrected chi connectivity index (χ2v) is 6.63. The molecule has 0 aliphatic heterocycles. The Morgan fingerprint density at radius 2 is 1.58 bits per heavy atom. The Labute approximate surface area is 153 Å². The zero-order chi connectivity index (χ0) is 18.4. The molecule has 3 rings (SSSR count). The van der Waals surface area contributed by atoms with E-state index in [-0.39, 0.29) is 30.6 Å². The number of carboxylic acids is 1. The van der Waals surface area contributed by atoms with Crippen molar-refractivity contribution in [2.75, 3.05) is 6.61 Å². The van der Waals surface area contributed by atoms with Gasteiger partial charge in [-0.25, -0.2) is 0 Å². The molecule has 26 heavy (non-hydrogen) atoms. The Kier molecular flexibility index (Phi) is 6.02. The molecule has 136 valence electrons. The zero-order valence-electron chi connectivity index (χ0n) is 14.5. The molecule has 0 heterocycles. The first-order chi connectivity index (χ1) is 12.6. The third kappa shape index (κ3) is 4.70. The van der Waals surface area contributed by atoms with E-state index in [1.807, 2.05) is 60.7 Å². The van der Waals surface area contributed by atoms with Crippen molar-refractivity contribution in [2.24, 2.45) is 5.92 Å². The van der Waals surface area contributed by atoms with E-state index in [0.29, 0.717) is 19.3 Å². The van der Waals surface area contributed by atoms with E-state index in [2.05, 4.69) is 5.32 Å². The molecule has 1 aliphatic rings. The van der Waals surface area contributed by atoms with E-state index in [1.54, 1.807) is 0 Å². The molecule has 2 N–H and O–H groups in total. The van der Waals surface area contributed by atoms with Gasteiger partial charge in [-0.05, 0) is 30.4 Å². The van der Waals surface area contributed by atoms with Crippen LogP contribution in [0.4, 0.5) is 0 Å². The molecule has 1 fully saturated rings. The van der Waals surface area contributed by atoms with Crippen LogP contribution in [0.25, 0.3) is 0 Å². The minimum Gasteiger partial charge on any atom is -0.481 e. The van der Waals surface area contributed by atoms with Gasteiger partial charge in [0.1, 0.15) is 12.7 Å². The summed E-state index contributed by atoms with van der Waals surface area (Å²) < 4.78 is 5.93. The number of carbonyl (C=O) groups excluding carboxylic acids is 1. The molecule has 1 amide bonds. The van der Waals surface area contributed by atoms with Crippen LogP contribution < -0.4 is 5.32 Å². The second-order valence-electron chi connectivity index (χ2n) is 6.63. The van der Waals surface area contributed by atoms with Crippen LogP contribution in [0.5, 0.6) is 0 Å². The van der Waals surface area contributed by atoms with Crippen molar-refractivity contribution in [1.82, 2.24) is 5.32 Å². The van der Waals surface area contributed by atoms with Crippen LogP contribution in [-0.4, -0.2) is 29.6 Å². The minimum absolute atomic E-state index is 0.0668. The van der Waals surface area contributed by atoms with Gasteiger partial charge < -0.3 is 15.2 Å². The van der Waals surface area contributed by atoms with Crippen molar-refractivity contribution in [3.05, 3.63) is 71.8 Å². The Morgan fingerprint density at radius 3 is 2.08 bits per heavy atom. The highest BCUT2D eigenvalue weighted by Gasteiger charge is 2.30. The Hall–Kier alpha value is -2.66. The maximum Gasteiger partial charge on any atom is 0.306 e. The predicted octanol–water partition coefficient (Wildman–Crippen LogP) is 3.16. The van der Waals surface area contributed by atoms with Crippen molar-refractivity contribution in [2.45, 2.75) is 31.4 Å². The van der Waals surface area contributed by atoms with E-state index in [4.69, 9.17) is 9.84 Å². The SMILES string of the molecule is O=C(COC(c1ccccc1)c1ccccc1)N[C@H]1CC[C@@H](C(=O)O)C1. The van der Waals surface area contributed by atoms with Crippen molar-refractivity contribution < 1.29 is 19.4 Å². The number of benzene rings is 2. The monoisotopic (exact) mass is 353 g/mol. The number of hydrogen-bond acceptors (Lipinski definition) is 3. The fourth-order valence-electron chi connectivity index (χ4n) is 3.41. The number of rotatable bonds is 7. The summed E-state index contributed by atoms with van der Waals surface area (Å²) >= 11 is 0. The fourth-order valence-corrected chi connectivity index (χ4v) is 3.41. The van der Waals surface area contributed by atoms with E-state index < -0.39 is 5.97 Å². The van der Waals surface area contributed by atoms with Crippen LogP contribution in [-0.2, 0) is 14.3 Å². The smallest absolute Gasteiger partial charge is 0.306 e. The van der Waals surface area contributed by atoms with Gasteiger partial charge in [-0.15, -0.1) is 0 Å². The minimum atomic E-state index is -0.786.